The van der Waals surface area contributed by atoms with Crippen molar-refractivity contribution >= 4 is 21.8 Å². The number of hydrogen-bond donors (Lipinski definition) is 0. The molecule has 0 fully saturated rings. The Balaban J connectivity index is 2.09. The Morgan fingerprint density at radius 3 is 2.19 bits per heavy atom. The van der Waals surface area contributed by atoms with Crippen LogP contribution in [0.5, 0.6) is 11.5 Å². The SMILES string of the molecule is COC(=O)CC1c2cc(OC)c(OC)cc2CCN1S(=O)(=O)c1ccc(C(C)=O)cc1. The third kappa shape index (κ3) is 4.42. The quantitative estimate of drug-likeness (QED) is 0.475. The first kappa shape index (κ1) is 22.8. The van der Waals surface area contributed by atoms with Crippen LogP contribution in [0.2, 0.25) is 0 Å². The minimum absolute atomic E-state index is 0.0521. The summed E-state index contributed by atoms with van der Waals surface area (Å²) in [7, 11) is 0.342. The zero-order valence-electron chi connectivity index (χ0n) is 17.9. The third-order valence-electron chi connectivity index (χ3n) is 5.41. The van der Waals surface area contributed by atoms with Crippen LogP contribution in [-0.4, -0.2) is 52.3 Å². The molecular formula is C22H25NO7S. The van der Waals surface area contributed by atoms with Gasteiger partial charge < -0.3 is 14.2 Å². The maximum absolute atomic E-state index is 13.5. The highest BCUT2D eigenvalue weighted by atomic mass is 32.2. The summed E-state index contributed by atoms with van der Waals surface area (Å²) in [6.45, 7) is 1.60. The second-order valence-corrected chi connectivity index (χ2v) is 9.04. The number of methoxy groups -OCH3 is 3. The van der Waals surface area contributed by atoms with E-state index < -0.39 is 22.0 Å². The Labute approximate surface area is 181 Å². The fourth-order valence-corrected chi connectivity index (χ4v) is 5.35. The minimum Gasteiger partial charge on any atom is -0.493 e. The van der Waals surface area contributed by atoms with Gasteiger partial charge in [-0.2, -0.15) is 4.31 Å². The van der Waals surface area contributed by atoms with Gasteiger partial charge in [0, 0.05) is 12.1 Å². The van der Waals surface area contributed by atoms with E-state index in [2.05, 4.69) is 0 Å². The number of sulfonamides is 1. The van der Waals surface area contributed by atoms with Crippen LogP contribution < -0.4 is 9.47 Å². The summed E-state index contributed by atoms with van der Waals surface area (Å²) in [6, 6.07) is 8.53. The normalized spacial score (nSPS) is 16.3. The molecule has 0 saturated heterocycles. The molecule has 2 aromatic rings. The topological polar surface area (TPSA) is 99.2 Å². The lowest BCUT2D eigenvalue weighted by atomic mass is 9.91. The van der Waals surface area contributed by atoms with Gasteiger partial charge >= 0.3 is 5.97 Å². The Bertz CT molecular complexity index is 1090. The highest BCUT2D eigenvalue weighted by molar-refractivity contribution is 7.89. The lowest BCUT2D eigenvalue weighted by molar-refractivity contribution is -0.141. The van der Waals surface area contributed by atoms with E-state index in [1.54, 1.807) is 6.07 Å². The summed E-state index contributed by atoms with van der Waals surface area (Å²) in [5.41, 5.74) is 1.97. The number of ether oxygens (including phenoxy) is 3. The summed E-state index contributed by atoms with van der Waals surface area (Å²) in [5, 5.41) is 0. The average molecular weight is 448 g/mol. The third-order valence-corrected chi connectivity index (χ3v) is 7.33. The predicted octanol–water partition coefficient (Wildman–Crippen LogP) is 2.76. The van der Waals surface area contributed by atoms with Gasteiger partial charge in [-0.25, -0.2) is 8.42 Å². The summed E-state index contributed by atoms with van der Waals surface area (Å²) in [4.78, 5) is 23.7. The summed E-state index contributed by atoms with van der Waals surface area (Å²) >= 11 is 0. The smallest absolute Gasteiger partial charge is 0.307 e. The first-order valence-electron chi connectivity index (χ1n) is 9.67. The van der Waals surface area contributed by atoms with Gasteiger partial charge in [0.15, 0.2) is 17.3 Å². The standard InChI is InChI=1S/C22H25NO7S/c1-14(24)15-5-7-17(8-6-15)31(26,27)23-10-9-16-11-20(28-2)21(29-3)12-18(16)19(23)13-22(25)30-4/h5-8,11-12,19H,9-10,13H2,1-4H3. The summed E-state index contributed by atoms with van der Waals surface area (Å²) in [5.74, 6) is 0.301. The second kappa shape index (κ2) is 9.07. The molecule has 0 amide bonds. The van der Waals surface area contributed by atoms with Crippen molar-refractivity contribution in [3.63, 3.8) is 0 Å². The molecule has 0 saturated carbocycles. The van der Waals surface area contributed by atoms with Crippen molar-refractivity contribution in [3.05, 3.63) is 53.1 Å². The molecular weight excluding hydrogens is 422 g/mol. The highest BCUT2D eigenvalue weighted by Crippen LogP contribution is 2.41. The number of carbonyl (C=O) groups excluding carboxylic acids is 2. The highest BCUT2D eigenvalue weighted by Gasteiger charge is 2.38. The van der Waals surface area contributed by atoms with Gasteiger partial charge in [0.05, 0.1) is 38.7 Å². The first-order valence-corrected chi connectivity index (χ1v) is 11.1. The van der Waals surface area contributed by atoms with E-state index in [1.807, 2.05) is 6.07 Å². The fourth-order valence-electron chi connectivity index (χ4n) is 3.74. The van der Waals surface area contributed by atoms with Crippen LogP contribution in [0.1, 0.15) is 40.9 Å². The zero-order chi connectivity index (χ0) is 22.8. The van der Waals surface area contributed by atoms with Crippen molar-refractivity contribution in [2.24, 2.45) is 0 Å². The van der Waals surface area contributed by atoms with Crippen LogP contribution in [0.3, 0.4) is 0 Å². The Kier molecular flexibility index (Phi) is 6.66. The van der Waals surface area contributed by atoms with E-state index >= 15 is 0 Å². The van der Waals surface area contributed by atoms with Gasteiger partial charge in [0.1, 0.15) is 0 Å². The van der Waals surface area contributed by atoms with Crippen LogP contribution >= 0.6 is 0 Å². The van der Waals surface area contributed by atoms with E-state index in [0.717, 1.165) is 5.56 Å². The van der Waals surface area contributed by atoms with Gasteiger partial charge in [-0.05, 0) is 48.7 Å². The van der Waals surface area contributed by atoms with Crippen LogP contribution in [0.4, 0.5) is 0 Å². The number of hydrogen-bond acceptors (Lipinski definition) is 7. The fraction of sp³-hybridized carbons (Fsp3) is 0.364. The van der Waals surface area contributed by atoms with E-state index in [9.17, 15) is 18.0 Å². The number of carbonyl (C=O) groups is 2. The molecule has 0 aromatic heterocycles. The number of esters is 1. The van der Waals surface area contributed by atoms with Crippen molar-refractivity contribution in [1.29, 1.82) is 0 Å². The lowest BCUT2D eigenvalue weighted by Gasteiger charge is -2.36. The van der Waals surface area contributed by atoms with Crippen LogP contribution in [0.25, 0.3) is 0 Å². The zero-order valence-corrected chi connectivity index (χ0v) is 18.7. The number of ketones is 1. The number of rotatable bonds is 7. The monoisotopic (exact) mass is 447 g/mol. The van der Waals surface area contributed by atoms with Gasteiger partial charge in [-0.1, -0.05) is 12.1 Å². The molecule has 2 aromatic carbocycles. The molecule has 0 radical (unpaired) electrons. The van der Waals surface area contributed by atoms with Crippen LogP contribution in [0.15, 0.2) is 41.3 Å². The minimum atomic E-state index is -3.94. The molecule has 8 nitrogen and oxygen atoms in total. The summed E-state index contributed by atoms with van der Waals surface area (Å²) < 4.78 is 43.8. The molecule has 1 heterocycles. The maximum atomic E-state index is 13.5. The molecule has 1 atom stereocenters. The number of fused-ring (bicyclic) bond motifs is 1. The van der Waals surface area contributed by atoms with Crippen LogP contribution in [0, 0.1) is 0 Å². The molecule has 0 aliphatic carbocycles. The molecule has 3 rings (SSSR count). The van der Waals surface area contributed by atoms with E-state index in [0.29, 0.717) is 29.0 Å². The van der Waals surface area contributed by atoms with Crippen molar-refractivity contribution in [3.8, 4) is 11.5 Å². The van der Waals surface area contributed by atoms with Crippen molar-refractivity contribution in [2.75, 3.05) is 27.9 Å². The lowest BCUT2D eigenvalue weighted by Crippen LogP contribution is -2.41. The molecule has 0 spiro atoms. The average Bonchev–Trinajstić information content (AvgIpc) is 2.77. The maximum Gasteiger partial charge on any atom is 0.307 e. The number of nitrogens with zero attached hydrogens (tertiary/aromatic N) is 1. The van der Waals surface area contributed by atoms with Gasteiger partial charge in [0.25, 0.3) is 0 Å². The number of benzene rings is 2. The Hall–Kier alpha value is -2.91. The molecule has 31 heavy (non-hydrogen) atoms. The van der Waals surface area contributed by atoms with Crippen LogP contribution in [-0.2, 0) is 26.0 Å². The molecule has 0 N–H and O–H groups in total. The molecule has 166 valence electrons. The van der Waals surface area contributed by atoms with Crippen molar-refractivity contribution < 1.29 is 32.2 Å². The second-order valence-electron chi connectivity index (χ2n) is 7.15. The van der Waals surface area contributed by atoms with Crippen molar-refractivity contribution in [1.82, 2.24) is 4.31 Å². The summed E-state index contributed by atoms with van der Waals surface area (Å²) in [6.07, 6.45) is 0.294. The van der Waals surface area contributed by atoms with E-state index in [4.69, 9.17) is 14.2 Å². The molecule has 0 bridgehead atoms. The predicted molar refractivity (Wildman–Crippen MR) is 113 cm³/mol. The van der Waals surface area contributed by atoms with Gasteiger partial charge in [-0.3, -0.25) is 9.59 Å². The van der Waals surface area contributed by atoms with Crippen molar-refractivity contribution in [2.45, 2.75) is 30.7 Å². The first-order chi connectivity index (χ1) is 14.7. The molecule has 1 aliphatic heterocycles. The van der Waals surface area contributed by atoms with E-state index in [-0.39, 0.29) is 23.6 Å². The van der Waals surface area contributed by atoms with E-state index in [1.165, 1.54) is 56.8 Å². The van der Waals surface area contributed by atoms with Gasteiger partial charge in [0.2, 0.25) is 10.0 Å². The molecule has 1 aliphatic rings. The molecule has 1 unspecified atom stereocenters. The Morgan fingerprint density at radius 2 is 1.65 bits per heavy atom. The molecule has 9 heteroatoms. The Morgan fingerprint density at radius 1 is 1.03 bits per heavy atom. The number of Topliss-reactive ketones (excluding diaryl/α,β-unsaturated/α-hetero) is 1. The van der Waals surface area contributed by atoms with Gasteiger partial charge in [-0.15, -0.1) is 0 Å². The largest absolute Gasteiger partial charge is 0.493 e.